The first-order chi connectivity index (χ1) is 10.6. The summed E-state index contributed by atoms with van der Waals surface area (Å²) in [7, 11) is 0. The zero-order valence-electron chi connectivity index (χ0n) is 12.1. The number of halogens is 1. The van der Waals surface area contributed by atoms with Gasteiger partial charge in [-0.05, 0) is 42.5 Å². The van der Waals surface area contributed by atoms with Gasteiger partial charge in [0.25, 0.3) is 5.91 Å². The van der Waals surface area contributed by atoms with E-state index < -0.39 is 0 Å². The normalized spacial score (nSPS) is 13.9. The largest absolute Gasteiger partial charge is 0.508 e. The van der Waals surface area contributed by atoms with E-state index in [9.17, 15) is 9.90 Å². The number of aromatic nitrogens is 1. The van der Waals surface area contributed by atoms with Gasteiger partial charge in [-0.15, -0.1) is 0 Å². The number of amides is 1. The molecule has 0 aliphatic heterocycles. The fourth-order valence-corrected chi connectivity index (χ4v) is 2.57. The van der Waals surface area contributed by atoms with Gasteiger partial charge in [-0.25, -0.2) is 0 Å². The molecule has 5 heteroatoms. The molecular formula is C17H17ClN2O2. The average molecular weight is 317 g/mol. The molecule has 1 saturated carbocycles. The molecule has 4 nitrogen and oxygen atoms in total. The maximum absolute atomic E-state index is 12.8. The smallest absolute Gasteiger partial charge is 0.255 e. The molecule has 22 heavy (non-hydrogen) atoms. The summed E-state index contributed by atoms with van der Waals surface area (Å²) in [6, 6.07) is 8.58. The molecule has 0 atom stereocenters. The monoisotopic (exact) mass is 316 g/mol. The zero-order chi connectivity index (χ0) is 15.5. The molecule has 1 N–H and O–H groups in total. The van der Waals surface area contributed by atoms with Crippen LogP contribution < -0.4 is 0 Å². The molecule has 1 fully saturated rings. The molecule has 1 aromatic heterocycles. The molecule has 1 aromatic carbocycles. The average Bonchev–Trinajstić information content (AvgIpc) is 3.33. The number of carbonyl (C=O) groups excluding carboxylic acids is 1. The number of rotatable bonds is 5. The van der Waals surface area contributed by atoms with Crippen LogP contribution in [0.2, 0.25) is 5.02 Å². The highest BCUT2D eigenvalue weighted by atomic mass is 35.5. The lowest BCUT2D eigenvalue weighted by atomic mass is 10.1. The number of benzene rings is 1. The SMILES string of the molecule is O=C(c1ccncc1Cl)N(Cc1ccc(O)cc1)CC1CC1. The van der Waals surface area contributed by atoms with Crippen molar-refractivity contribution in [3.63, 3.8) is 0 Å². The van der Waals surface area contributed by atoms with E-state index >= 15 is 0 Å². The minimum atomic E-state index is -0.0765. The van der Waals surface area contributed by atoms with Crippen LogP contribution in [0.1, 0.15) is 28.8 Å². The van der Waals surface area contributed by atoms with Gasteiger partial charge in [-0.3, -0.25) is 9.78 Å². The highest BCUT2D eigenvalue weighted by Gasteiger charge is 2.28. The van der Waals surface area contributed by atoms with Gasteiger partial charge in [-0.2, -0.15) is 0 Å². The Kier molecular flexibility index (Phi) is 4.29. The standard InChI is InChI=1S/C17H17ClN2O2/c18-16-9-19-8-7-15(16)17(22)20(10-12-1-2-12)11-13-3-5-14(21)6-4-13/h3-9,12,21H,1-2,10-11H2. The maximum atomic E-state index is 12.8. The Morgan fingerprint density at radius 2 is 2.00 bits per heavy atom. The maximum Gasteiger partial charge on any atom is 0.255 e. The number of phenolic OH excluding ortho intramolecular Hbond substituents is 1. The first-order valence-corrected chi connectivity index (χ1v) is 7.68. The third-order valence-corrected chi connectivity index (χ3v) is 4.08. The van der Waals surface area contributed by atoms with Crippen LogP contribution in [0.3, 0.4) is 0 Å². The summed E-state index contributed by atoms with van der Waals surface area (Å²) in [6.07, 6.45) is 5.41. The number of nitrogens with zero attached hydrogens (tertiary/aromatic N) is 2. The Balaban J connectivity index is 1.81. The van der Waals surface area contributed by atoms with Gasteiger partial charge in [0, 0.05) is 25.5 Å². The second kappa shape index (κ2) is 6.36. The molecule has 1 amide bonds. The molecular weight excluding hydrogens is 300 g/mol. The summed E-state index contributed by atoms with van der Waals surface area (Å²) >= 11 is 6.10. The second-order valence-electron chi connectivity index (χ2n) is 5.65. The van der Waals surface area contributed by atoms with E-state index in [2.05, 4.69) is 4.98 Å². The van der Waals surface area contributed by atoms with Gasteiger partial charge >= 0.3 is 0 Å². The number of aromatic hydroxyl groups is 1. The summed E-state index contributed by atoms with van der Waals surface area (Å²) in [4.78, 5) is 18.5. The molecule has 1 aliphatic carbocycles. The Morgan fingerprint density at radius 1 is 1.27 bits per heavy atom. The molecule has 0 radical (unpaired) electrons. The molecule has 2 aromatic rings. The first kappa shape index (κ1) is 14.9. The summed E-state index contributed by atoms with van der Waals surface area (Å²) in [6.45, 7) is 1.24. The Hall–Kier alpha value is -2.07. The lowest BCUT2D eigenvalue weighted by Gasteiger charge is -2.23. The fourth-order valence-electron chi connectivity index (χ4n) is 2.37. The van der Waals surface area contributed by atoms with Crippen molar-refractivity contribution in [3.8, 4) is 5.75 Å². The summed E-state index contributed by atoms with van der Waals surface area (Å²) in [5.41, 5.74) is 1.47. The molecule has 0 saturated heterocycles. The van der Waals surface area contributed by atoms with Gasteiger partial charge in [0.2, 0.25) is 0 Å². The number of hydrogen-bond donors (Lipinski definition) is 1. The van der Waals surface area contributed by atoms with Crippen LogP contribution in [0.4, 0.5) is 0 Å². The first-order valence-electron chi connectivity index (χ1n) is 7.30. The summed E-state index contributed by atoms with van der Waals surface area (Å²) in [5, 5.41) is 9.74. The Labute approximate surface area is 134 Å². The molecule has 0 unspecified atom stereocenters. The summed E-state index contributed by atoms with van der Waals surface area (Å²) < 4.78 is 0. The van der Waals surface area contributed by atoms with E-state index in [1.165, 1.54) is 19.0 Å². The molecule has 0 bridgehead atoms. The predicted octanol–water partition coefficient (Wildman–Crippen LogP) is 3.49. The van der Waals surface area contributed by atoms with Crippen LogP contribution in [-0.4, -0.2) is 27.4 Å². The highest BCUT2D eigenvalue weighted by Crippen LogP contribution is 2.31. The van der Waals surface area contributed by atoms with Crippen LogP contribution in [0, 0.1) is 5.92 Å². The van der Waals surface area contributed by atoms with Crippen molar-refractivity contribution in [1.29, 1.82) is 0 Å². The van der Waals surface area contributed by atoms with Gasteiger partial charge in [0.05, 0.1) is 10.6 Å². The van der Waals surface area contributed by atoms with Gasteiger partial charge in [0.15, 0.2) is 0 Å². The van der Waals surface area contributed by atoms with Crippen LogP contribution in [0.25, 0.3) is 0 Å². The quantitative estimate of drug-likeness (QED) is 0.918. The molecule has 114 valence electrons. The topological polar surface area (TPSA) is 53.4 Å². The van der Waals surface area contributed by atoms with Crippen molar-refractivity contribution in [2.24, 2.45) is 5.92 Å². The number of phenols is 1. The van der Waals surface area contributed by atoms with E-state index in [1.807, 2.05) is 17.0 Å². The van der Waals surface area contributed by atoms with Crippen molar-refractivity contribution in [2.45, 2.75) is 19.4 Å². The predicted molar refractivity (Wildman–Crippen MR) is 84.8 cm³/mol. The molecule has 1 heterocycles. The lowest BCUT2D eigenvalue weighted by molar-refractivity contribution is 0.0735. The third-order valence-electron chi connectivity index (χ3n) is 3.78. The van der Waals surface area contributed by atoms with Crippen molar-refractivity contribution < 1.29 is 9.90 Å². The van der Waals surface area contributed by atoms with E-state index in [-0.39, 0.29) is 11.7 Å². The second-order valence-corrected chi connectivity index (χ2v) is 6.06. The van der Waals surface area contributed by atoms with Gasteiger partial charge in [-0.1, -0.05) is 23.7 Å². The lowest BCUT2D eigenvalue weighted by Crippen LogP contribution is -2.32. The summed E-state index contributed by atoms with van der Waals surface area (Å²) in [5.74, 6) is 0.732. The number of carbonyl (C=O) groups is 1. The van der Waals surface area contributed by atoms with Crippen LogP contribution in [0.15, 0.2) is 42.7 Å². The van der Waals surface area contributed by atoms with E-state index in [1.54, 1.807) is 24.4 Å². The fraction of sp³-hybridized carbons (Fsp3) is 0.294. The van der Waals surface area contributed by atoms with Crippen LogP contribution in [0.5, 0.6) is 5.75 Å². The van der Waals surface area contributed by atoms with Gasteiger partial charge in [0.1, 0.15) is 5.75 Å². The van der Waals surface area contributed by atoms with E-state index in [4.69, 9.17) is 11.6 Å². The molecule has 3 rings (SSSR count). The third kappa shape index (κ3) is 3.57. The van der Waals surface area contributed by atoms with Crippen LogP contribution in [-0.2, 0) is 6.54 Å². The van der Waals surface area contributed by atoms with E-state index in [0.717, 1.165) is 12.1 Å². The molecule has 0 spiro atoms. The van der Waals surface area contributed by atoms with Crippen molar-refractivity contribution in [3.05, 3.63) is 58.9 Å². The van der Waals surface area contributed by atoms with E-state index in [0.29, 0.717) is 23.0 Å². The Morgan fingerprint density at radius 3 is 2.64 bits per heavy atom. The van der Waals surface area contributed by atoms with Crippen LogP contribution >= 0.6 is 11.6 Å². The minimum absolute atomic E-state index is 0.0765. The van der Waals surface area contributed by atoms with Crippen molar-refractivity contribution in [2.75, 3.05) is 6.54 Å². The van der Waals surface area contributed by atoms with Crippen molar-refractivity contribution >= 4 is 17.5 Å². The van der Waals surface area contributed by atoms with Gasteiger partial charge < -0.3 is 10.0 Å². The minimum Gasteiger partial charge on any atom is -0.508 e. The Bertz CT molecular complexity index is 669. The van der Waals surface area contributed by atoms with Crippen molar-refractivity contribution in [1.82, 2.24) is 9.88 Å². The number of pyridine rings is 1. The molecule has 1 aliphatic rings. The number of hydrogen-bond acceptors (Lipinski definition) is 3. The highest BCUT2D eigenvalue weighted by molar-refractivity contribution is 6.33. The zero-order valence-corrected chi connectivity index (χ0v) is 12.8.